The Morgan fingerprint density at radius 3 is 3.00 bits per heavy atom. The zero-order valence-electron chi connectivity index (χ0n) is 10.7. The second-order valence-electron chi connectivity index (χ2n) is 4.47. The van der Waals surface area contributed by atoms with Gasteiger partial charge in [-0.25, -0.2) is 13.8 Å². The van der Waals surface area contributed by atoms with Crippen molar-refractivity contribution in [2.75, 3.05) is 11.9 Å². The van der Waals surface area contributed by atoms with E-state index in [-0.39, 0.29) is 17.2 Å². The number of hydrogen-bond acceptors (Lipinski definition) is 6. The van der Waals surface area contributed by atoms with Gasteiger partial charge in [-0.15, -0.1) is 10.2 Å². The van der Waals surface area contributed by atoms with Gasteiger partial charge in [-0.1, -0.05) is 11.3 Å². The van der Waals surface area contributed by atoms with Gasteiger partial charge in [0.05, 0.1) is 6.04 Å². The minimum absolute atomic E-state index is 0.0467. The summed E-state index contributed by atoms with van der Waals surface area (Å²) in [7, 11) is 1.89. The van der Waals surface area contributed by atoms with Crippen LogP contribution >= 0.6 is 11.3 Å². The van der Waals surface area contributed by atoms with E-state index in [4.69, 9.17) is 4.74 Å². The van der Waals surface area contributed by atoms with Crippen molar-refractivity contribution in [3.8, 4) is 0 Å². The molecule has 3 rings (SSSR count). The van der Waals surface area contributed by atoms with Crippen molar-refractivity contribution in [1.29, 1.82) is 0 Å². The number of aryl methyl sites for hydroxylation is 1. The van der Waals surface area contributed by atoms with Crippen LogP contribution in [0.1, 0.15) is 29.8 Å². The third kappa shape index (κ3) is 2.50. The molecule has 0 aliphatic carbocycles. The van der Waals surface area contributed by atoms with Crippen LogP contribution in [-0.4, -0.2) is 32.4 Å². The van der Waals surface area contributed by atoms with Gasteiger partial charge in [-0.2, -0.15) is 0 Å². The lowest BCUT2D eigenvalue weighted by atomic mass is 10.1. The Kier molecular flexibility index (Phi) is 3.62. The molecule has 0 radical (unpaired) electrons. The molecule has 0 bridgehead atoms. The van der Waals surface area contributed by atoms with E-state index in [9.17, 15) is 8.78 Å². The van der Waals surface area contributed by atoms with Crippen molar-refractivity contribution in [1.82, 2.24) is 19.7 Å². The molecule has 20 heavy (non-hydrogen) atoms. The first-order chi connectivity index (χ1) is 9.65. The van der Waals surface area contributed by atoms with E-state index in [0.29, 0.717) is 11.7 Å². The molecule has 0 amide bonds. The van der Waals surface area contributed by atoms with Gasteiger partial charge in [0.25, 0.3) is 6.43 Å². The molecule has 0 saturated carbocycles. The van der Waals surface area contributed by atoms with E-state index in [0.717, 1.165) is 23.6 Å². The quantitative estimate of drug-likeness (QED) is 0.937. The third-order valence-electron chi connectivity index (χ3n) is 3.14. The van der Waals surface area contributed by atoms with Crippen molar-refractivity contribution in [3.63, 3.8) is 0 Å². The summed E-state index contributed by atoms with van der Waals surface area (Å²) in [4.78, 5) is 4.27. The maximum absolute atomic E-state index is 12.5. The predicted octanol–water partition coefficient (Wildman–Crippen LogP) is 2.15. The molecular formula is C11H13F2N5OS. The highest BCUT2D eigenvalue weighted by Gasteiger charge is 2.33. The lowest BCUT2D eigenvalue weighted by Crippen LogP contribution is -2.25. The van der Waals surface area contributed by atoms with Gasteiger partial charge in [0.15, 0.2) is 5.01 Å². The first-order valence-electron chi connectivity index (χ1n) is 6.12. The Morgan fingerprint density at radius 2 is 2.35 bits per heavy atom. The Bertz CT molecular complexity index is 587. The summed E-state index contributed by atoms with van der Waals surface area (Å²) in [5.41, 5.74) is 0. The number of nitrogens with one attached hydrogen (secondary N) is 1. The molecular weight excluding hydrogens is 288 g/mol. The molecule has 3 heterocycles. The Morgan fingerprint density at radius 1 is 1.50 bits per heavy atom. The number of imidazole rings is 1. The number of rotatable bonds is 4. The van der Waals surface area contributed by atoms with Gasteiger partial charge in [-0.3, -0.25) is 0 Å². The smallest absolute Gasteiger partial charge is 0.291 e. The summed E-state index contributed by atoms with van der Waals surface area (Å²) < 4.78 is 32.5. The van der Waals surface area contributed by atoms with E-state index < -0.39 is 6.43 Å². The molecule has 6 nitrogen and oxygen atoms in total. The molecule has 0 aromatic carbocycles. The minimum Gasteiger partial charge on any atom is -0.368 e. The zero-order chi connectivity index (χ0) is 14.1. The summed E-state index contributed by atoms with van der Waals surface area (Å²) in [6.07, 6.45) is 1.50. The number of ether oxygens (including phenoxy) is 1. The number of halogens is 2. The minimum atomic E-state index is -2.59. The van der Waals surface area contributed by atoms with Gasteiger partial charge in [-0.05, 0) is 6.42 Å². The van der Waals surface area contributed by atoms with Crippen LogP contribution in [0.25, 0.3) is 0 Å². The van der Waals surface area contributed by atoms with Gasteiger partial charge in [0, 0.05) is 26.0 Å². The van der Waals surface area contributed by atoms with E-state index in [1.807, 2.05) is 17.8 Å². The maximum Gasteiger partial charge on any atom is 0.291 e. The third-order valence-corrected chi connectivity index (χ3v) is 4.00. The van der Waals surface area contributed by atoms with E-state index >= 15 is 0 Å². The summed E-state index contributed by atoms with van der Waals surface area (Å²) in [5.74, 6) is 0.804. The molecule has 1 aliphatic heterocycles. The molecule has 1 saturated heterocycles. The van der Waals surface area contributed by atoms with Gasteiger partial charge >= 0.3 is 0 Å². The lowest BCUT2D eigenvalue weighted by molar-refractivity contribution is 0.0983. The Hall–Kier alpha value is -1.61. The van der Waals surface area contributed by atoms with Crippen LogP contribution in [0.15, 0.2) is 12.4 Å². The van der Waals surface area contributed by atoms with Crippen LogP contribution in [0.2, 0.25) is 0 Å². The Labute approximate surface area is 117 Å². The highest BCUT2D eigenvalue weighted by molar-refractivity contribution is 7.15. The number of alkyl halides is 2. The summed E-state index contributed by atoms with van der Waals surface area (Å²) >= 11 is 0.865. The van der Waals surface area contributed by atoms with Crippen LogP contribution in [0.5, 0.6) is 0 Å². The number of anilines is 1. The standard InChI is InChI=1S/C11H13F2N5OS/c1-18-4-3-14-9(18)7-6(2-5-19-7)15-11-17-16-10(20-11)8(12)13/h3-4,6-8H,2,5H2,1H3,(H,15,17)/t6-,7-/m0/s1. The maximum atomic E-state index is 12.5. The van der Waals surface area contributed by atoms with Crippen molar-refractivity contribution in [2.24, 2.45) is 7.05 Å². The monoisotopic (exact) mass is 301 g/mol. The fourth-order valence-corrected chi connectivity index (χ4v) is 2.84. The first kappa shape index (κ1) is 13.4. The first-order valence-corrected chi connectivity index (χ1v) is 6.93. The highest BCUT2D eigenvalue weighted by atomic mass is 32.1. The van der Waals surface area contributed by atoms with Crippen molar-refractivity contribution in [2.45, 2.75) is 25.0 Å². The molecule has 1 fully saturated rings. The second-order valence-corrected chi connectivity index (χ2v) is 5.48. The number of hydrogen-bond donors (Lipinski definition) is 1. The summed E-state index contributed by atoms with van der Waals surface area (Å²) in [6.45, 7) is 0.593. The van der Waals surface area contributed by atoms with Gasteiger partial charge < -0.3 is 14.6 Å². The van der Waals surface area contributed by atoms with Crippen molar-refractivity contribution >= 4 is 16.5 Å². The molecule has 108 valence electrons. The number of nitrogens with zero attached hydrogens (tertiary/aromatic N) is 4. The van der Waals surface area contributed by atoms with Gasteiger partial charge in [0.2, 0.25) is 5.13 Å². The van der Waals surface area contributed by atoms with E-state index in [1.54, 1.807) is 6.20 Å². The summed E-state index contributed by atoms with van der Waals surface area (Å²) in [5, 5.41) is 10.4. The van der Waals surface area contributed by atoms with E-state index in [1.165, 1.54) is 0 Å². The van der Waals surface area contributed by atoms with Crippen LogP contribution in [0.4, 0.5) is 13.9 Å². The largest absolute Gasteiger partial charge is 0.368 e. The molecule has 9 heteroatoms. The van der Waals surface area contributed by atoms with Gasteiger partial charge in [0.1, 0.15) is 11.9 Å². The topological polar surface area (TPSA) is 64.9 Å². The SMILES string of the molecule is Cn1ccnc1[C@H]1OCC[C@@H]1Nc1nnc(C(F)F)s1. The van der Waals surface area contributed by atoms with Crippen molar-refractivity contribution < 1.29 is 13.5 Å². The molecule has 2 atom stereocenters. The normalized spacial score (nSPS) is 22.6. The van der Waals surface area contributed by atoms with Crippen LogP contribution in [0, 0.1) is 0 Å². The van der Waals surface area contributed by atoms with Crippen LogP contribution in [0.3, 0.4) is 0 Å². The molecule has 2 aromatic heterocycles. The van der Waals surface area contributed by atoms with Crippen LogP contribution < -0.4 is 5.32 Å². The highest BCUT2D eigenvalue weighted by Crippen LogP contribution is 2.32. The van der Waals surface area contributed by atoms with Crippen LogP contribution in [-0.2, 0) is 11.8 Å². The molecule has 1 N–H and O–H groups in total. The molecule has 0 spiro atoms. The number of aromatic nitrogens is 4. The second kappa shape index (κ2) is 5.41. The average Bonchev–Trinajstić information content (AvgIpc) is 3.10. The zero-order valence-corrected chi connectivity index (χ0v) is 11.5. The average molecular weight is 301 g/mol. The fraction of sp³-hybridized carbons (Fsp3) is 0.545. The Balaban J connectivity index is 1.74. The predicted molar refractivity (Wildman–Crippen MR) is 68.8 cm³/mol. The van der Waals surface area contributed by atoms with Crippen molar-refractivity contribution in [3.05, 3.63) is 23.2 Å². The summed E-state index contributed by atoms with van der Waals surface area (Å²) in [6, 6.07) is -0.0467. The lowest BCUT2D eigenvalue weighted by Gasteiger charge is -2.18. The molecule has 0 unspecified atom stereocenters. The van der Waals surface area contributed by atoms with E-state index in [2.05, 4.69) is 20.5 Å². The molecule has 2 aromatic rings. The molecule has 1 aliphatic rings. The fourth-order valence-electron chi connectivity index (χ4n) is 2.18.